The minimum atomic E-state index is -0.615. The molecule has 21 heavy (non-hydrogen) atoms. The second kappa shape index (κ2) is 8.30. The Morgan fingerprint density at radius 1 is 1.24 bits per heavy atom. The first-order chi connectivity index (χ1) is 9.92. The third kappa shape index (κ3) is 7.35. The Morgan fingerprint density at radius 3 is 2.48 bits per heavy atom. The fourth-order valence-corrected chi connectivity index (χ4v) is 1.39. The van der Waals surface area contributed by atoms with E-state index >= 15 is 0 Å². The average molecular weight is 291 g/mol. The molecule has 1 N–H and O–H groups in total. The van der Waals surface area contributed by atoms with Gasteiger partial charge in [-0.1, -0.05) is 42.2 Å². The maximum atomic E-state index is 12.0. The number of carbonyl (C=O) groups excluding carboxylic acids is 1. The van der Waals surface area contributed by atoms with Gasteiger partial charge in [0.1, 0.15) is 25.4 Å². The first-order valence-corrected chi connectivity index (χ1v) is 6.66. The van der Waals surface area contributed by atoms with E-state index < -0.39 is 11.7 Å². The molecule has 0 aliphatic rings. The Kier molecular flexibility index (Phi) is 6.73. The van der Waals surface area contributed by atoms with Gasteiger partial charge in [-0.05, 0) is 26.3 Å². The van der Waals surface area contributed by atoms with Crippen LogP contribution in [0.15, 0.2) is 30.3 Å². The van der Waals surface area contributed by atoms with E-state index in [1.165, 1.54) is 0 Å². The number of amides is 1. The van der Waals surface area contributed by atoms with E-state index in [-0.39, 0.29) is 19.8 Å². The number of rotatable bonds is 4. The van der Waals surface area contributed by atoms with Gasteiger partial charge in [0.05, 0.1) is 0 Å². The molecule has 0 radical (unpaired) electrons. The molecule has 0 unspecified atom stereocenters. The van der Waals surface area contributed by atoms with E-state index in [0.717, 1.165) is 10.6 Å². The summed E-state index contributed by atoms with van der Waals surface area (Å²) >= 11 is 0. The molecule has 0 atom stereocenters. The quantitative estimate of drug-likeness (QED) is 0.683. The van der Waals surface area contributed by atoms with Gasteiger partial charge in [-0.2, -0.15) is 5.06 Å². The molecule has 114 valence electrons. The summed E-state index contributed by atoms with van der Waals surface area (Å²) < 4.78 is 5.25. The van der Waals surface area contributed by atoms with Gasteiger partial charge in [-0.15, -0.1) is 0 Å². The van der Waals surface area contributed by atoms with Gasteiger partial charge in [0.15, 0.2) is 0 Å². The molecule has 0 saturated carbocycles. The molecule has 0 heterocycles. The van der Waals surface area contributed by atoms with E-state index in [1.807, 2.05) is 30.3 Å². The van der Waals surface area contributed by atoms with Crippen molar-refractivity contribution >= 4 is 6.09 Å². The number of ether oxygens (including phenoxy) is 1. The van der Waals surface area contributed by atoms with Crippen LogP contribution in [-0.4, -0.2) is 35.0 Å². The number of aliphatic hydroxyl groups is 1. The fraction of sp³-hybridized carbons (Fsp3) is 0.438. The number of carbonyl (C=O) groups is 1. The second-order valence-electron chi connectivity index (χ2n) is 5.29. The van der Waals surface area contributed by atoms with Crippen molar-refractivity contribution in [1.29, 1.82) is 0 Å². The standard InChI is InChI=1S/C16H21NO4/c1-16(2,3)21-15(19)17(11-7-8-12-18)20-13-14-9-5-4-6-10-14/h4-6,9-10,18H,11-13H2,1-3H3. The summed E-state index contributed by atoms with van der Waals surface area (Å²) in [6.45, 7) is 5.34. The lowest BCUT2D eigenvalue weighted by Crippen LogP contribution is -2.37. The highest BCUT2D eigenvalue weighted by Crippen LogP contribution is 2.11. The highest BCUT2D eigenvalue weighted by molar-refractivity contribution is 5.67. The molecular weight excluding hydrogens is 270 g/mol. The van der Waals surface area contributed by atoms with Gasteiger partial charge in [0.25, 0.3) is 0 Å². The highest BCUT2D eigenvalue weighted by Gasteiger charge is 2.22. The molecule has 5 heteroatoms. The number of benzene rings is 1. The smallest absolute Gasteiger partial charge is 0.435 e. The molecule has 0 spiro atoms. The van der Waals surface area contributed by atoms with E-state index in [1.54, 1.807) is 20.8 Å². The van der Waals surface area contributed by atoms with Crippen molar-refractivity contribution in [2.75, 3.05) is 13.2 Å². The van der Waals surface area contributed by atoms with Gasteiger partial charge in [-0.3, -0.25) is 4.84 Å². The lowest BCUT2D eigenvalue weighted by atomic mass is 10.2. The second-order valence-corrected chi connectivity index (χ2v) is 5.29. The molecule has 0 saturated heterocycles. The van der Waals surface area contributed by atoms with Crippen molar-refractivity contribution in [3.63, 3.8) is 0 Å². The van der Waals surface area contributed by atoms with Crippen LogP contribution < -0.4 is 0 Å². The molecule has 0 aliphatic carbocycles. The zero-order valence-corrected chi connectivity index (χ0v) is 12.6. The summed E-state index contributed by atoms with van der Waals surface area (Å²) in [5.74, 6) is 5.11. The lowest BCUT2D eigenvalue weighted by molar-refractivity contribution is -0.148. The highest BCUT2D eigenvalue weighted by atomic mass is 16.7. The minimum Gasteiger partial charge on any atom is -0.442 e. The van der Waals surface area contributed by atoms with Crippen molar-refractivity contribution in [3.05, 3.63) is 35.9 Å². The number of nitrogens with zero attached hydrogens (tertiary/aromatic N) is 1. The zero-order chi connectivity index (χ0) is 15.7. The van der Waals surface area contributed by atoms with E-state index in [2.05, 4.69) is 11.8 Å². The molecule has 1 amide bonds. The van der Waals surface area contributed by atoms with E-state index in [0.29, 0.717) is 0 Å². The Morgan fingerprint density at radius 2 is 1.90 bits per heavy atom. The van der Waals surface area contributed by atoms with Crippen molar-refractivity contribution in [3.8, 4) is 11.8 Å². The SMILES string of the molecule is CC(C)(C)OC(=O)N(CC#CCO)OCc1ccccc1. The van der Waals surface area contributed by atoms with Crippen LogP contribution in [0.4, 0.5) is 4.79 Å². The maximum Gasteiger partial charge on any atom is 0.435 e. The number of hydrogen-bond donors (Lipinski definition) is 1. The molecule has 1 aromatic carbocycles. The van der Waals surface area contributed by atoms with Crippen LogP contribution >= 0.6 is 0 Å². The molecule has 5 nitrogen and oxygen atoms in total. The first-order valence-electron chi connectivity index (χ1n) is 6.66. The van der Waals surface area contributed by atoms with Gasteiger partial charge in [0, 0.05) is 0 Å². The van der Waals surface area contributed by atoms with Crippen molar-refractivity contribution in [2.45, 2.75) is 33.0 Å². The van der Waals surface area contributed by atoms with Gasteiger partial charge in [-0.25, -0.2) is 4.79 Å². The van der Waals surface area contributed by atoms with E-state index in [9.17, 15) is 4.79 Å². The predicted octanol–water partition coefficient (Wildman–Crippen LogP) is 2.35. The first kappa shape index (κ1) is 17.0. The average Bonchev–Trinajstić information content (AvgIpc) is 2.41. The Balaban J connectivity index is 2.65. The predicted molar refractivity (Wildman–Crippen MR) is 79.0 cm³/mol. The lowest BCUT2D eigenvalue weighted by Gasteiger charge is -2.25. The Labute approximate surface area is 125 Å². The molecule has 0 aliphatic heterocycles. The van der Waals surface area contributed by atoms with Gasteiger partial charge >= 0.3 is 6.09 Å². The molecule has 0 fully saturated rings. The van der Waals surface area contributed by atoms with Crippen molar-refractivity contribution in [1.82, 2.24) is 5.06 Å². The van der Waals surface area contributed by atoms with Crippen LogP contribution in [0, 0.1) is 11.8 Å². The van der Waals surface area contributed by atoms with Crippen LogP contribution in [0.3, 0.4) is 0 Å². The Hall–Kier alpha value is -2.03. The summed E-state index contributed by atoms with van der Waals surface area (Å²) in [5.41, 5.74) is 0.316. The topological polar surface area (TPSA) is 59.0 Å². The normalized spacial score (nSPS) is 10.5. The van der Waals surface area contributed by atoms with E-state index in [4.69, 9.17) is 14.7 Å². The minimum absolute atomic E-state index is 0.0301. The molecule has 0 aromatic heterocycles. The fourth-order valence-electron chi connectivity index (χ4n) is 1.39. The monoisotopic (exact) mass is 291 g/mol. The molecule has 1 aromatic rings. The maximum absolute atomic E-state index is 12.0. The third-order valence-electron chi connectivity index (χ3n) is 2.25. The molecule has 0 bridgehead atoms. The van der Waals surface area contributed by atoms with Crippen LogP contribution in [-0.2, 0) is 16.2 Å². The van der Waals surface area contributed by atoms with Crippen LogP contribution in [0.2, 0.25) is 0 Å². The summed E-state index contributed by atoms with van der Waals surface area (Å²) in [6.07, 6.45) is -0.606. The van der Waals surface area contributed by atoms with Gasteiger partial charge in [0.2, 0.25) is 0 Å². The largest absolute Gasteiger partial charge is 0.442 e. The summed E-state index contributed by atoms with van der Waals surface area (Å²) in [7, 11) is 0. The van der Waals surface area contributed by atoms with Gasteiger partial charge < -0.3 is 9.84 Å². The van der Waals surface area contributed by atoms with Crippen molar-refractivity contribution < 1.29 is 19.5 Å². The van der Waals surface area contributed by atoms with Crippen LogP contribution in [0.5, 0.6) is 0 Å². The third-order valence-corrected chi connectivity index (χ3v) is 2.25. The van der Waals surface area contributed by atoms with Crippen molar-refractivity contribution in [2.24, 2.45) is 0 Å². The number of hydroxylamine groups is 2. The molecular formula is C16H21NO4. The van der Waals surface area contributed by atoms with Crippen LogP contribution in [0.25, 0.3) is 0 Å². The zero-order valence-electron chi connectivity index (χ0n) is 12.6. The Bertz CT molecular complexity index is 496. The number of aliphatic hydroxyl groups excluding tert-OH is 1. The number of hydrogen-bond acceptors (Lipinski definition) is 4. The summed E-state index contributed by atoms with van der Waals surface area (Å²) in [4.78, 5) is 17.5. The summed E-state index contributed by atoms with van der Waals surface area (Å²) in [5, 5.41) is 9.72. The summed E-state index contributed by atoms with van der Waals surface area (Å²) in [6, 6.07) is 9.48. The van der Waals surface area contributed by atoms with Crippen LogP contribution in [0.1, 0.15) is 26.3 Å². The molecule has 1 rings (SSSR count).